The maximum atomic E-state index is 12.2. The van der Waals surface area contributed by atoms with Crippen LogP contribution in [0.25, 0.3) is 4.96 Å². The lowest BCUT2D eigenvalue weighted by atomic mass is 10.3. The van der Waals surface area contributed by atoms with Gasteiger partial charge in [-0.15, -0.1) is 23.7 Å². The molecule has 7 nitrogen and oxygen atoms in total. The van der Waals surface area contributed by atoms with Crippen molar-refractivity contribution >= 4 is 34.6 Å². The van der Waals surface area contributed by atoms with Crippen molar-refractivity contribution in [2.75, 3.05) is 39.3 Å². The largest absolute Gasteiger partial charge is 0.352 e. The van der Waals surface area contributed by atoms with Crippen molar-refractivity contribution in [3.05, 3.63) is 33.7 Å². The summed E-state index contributed by atoms with van der Waals surface area (Å²) in [4.78, 5) is 31.4. The molecule has 0 atom stereocenters. The highest BCUT2D eigenvalue weighted by Gasteiger charge is 2.14. The molecule has 2 aromatic rings. The van der Waals surface area contributed by atoms with E-state index >= 15 is 0 Å². The number of hydrogen-bond donors (Lipinski definition) is 2. The number of carbonyl (C=O) groups excluding carboxylic acids is 1. The van der Waals surface area contributed by atoms with Crippen LogP contribution >= 0.6 is 23.7 Å². The highest BCUT2D eigenvalue weighted by atomic mass is 35.5. The van der Waals surface area contributed by atoms with Crippen LogP contribution in [-0.2, 0) is 0 Å². The summed E-state index contributed by atoms with van der Waals surface area (Å²) in [5, 5.41) is 7.89. The molecule has 2 N–H and O–H groups in total. The van der Waals surface area contributed by atoms with Gasteiger partial charge >= 0.3 is 0 Å². The number of piperazine rings is 1. The van der Waals surface area contributed by atoms with Gasteiger partial charge in [0.25, 0.3) is 11.5 Å². The number of amides is 1. The Balaban J connectivity index is 0.00000192. The van der Waals surface area contributed by atoms with E-state index in [-0.39, 0.29) is 29.4 Å². The molecule has 3 heterocycles. The maximum absolute atomic E-state index is 12.2. The van der Waals surface area contributed by atoms with Crippen molar-refractivity contribution in [1.82, 2.24) is 24.9 Å². The van der Waals surface area contributed by atoms with E-state index in [1.807, 2.05) is 0 Å². The normalized spacial score (nSPS) is 15.3. The molecule has 0 aromatic carbocycles. The van der Waals surface area contributed by atoms with Gasteiger partial charge in [-0.2, -0.15) is 0 Å². The van der Waals surface area contributed by atoms with Gasteiger partial charge in [0.15, 0.2) is 4.96 Å². The summed E-state index contributed by atoms with van der Waals surface area (Å²) < 4.78 is 1.40. The highest BCUT2D eigenvalue weighted by molar-refractivity contribution is 7.15. The van der Waals surface area contributed by atoms with Crippen LogP contribution in [0.3, 0.4) is 0 Å². The van der Waals surface area contributed by atoms with Gasteiger partial charge in [-0.05, 0) is 13.0 Å². The fourth-order valence-corrected chi connectivity index (χ4v) is 3.19. The number of rotatable bonds is 5. The summed E-state index contributed by atoms with van der Waals surface area (Å²) in [5.41, 5.74) is -0.219. The van der Waals surface area contributed by atoms with Crippen LogP contribution in [0.15, 0.2) is 22.6 Å². The molecule has 0 bridgehead atoms. The third-order valence-electron chi connectivity index (χ3n) is 3.73. The van der Waals surface area contributed by atoms with E-state index < -0.39 is 0 Å². The first-order chi connectivity index (χ1) is 10.8. The fraction of sp³-hybridized carbons (Fsp3) is 0.500. The molecule has 1 saturated heterocycles. The summed E-state index contributed by atoms with van der Waals surface area (Å²) in [6.45, 7) is 5.67. The second-order valence-corrected chi connectivity index (χ2v) is 6.11. The van der Waals surface area contributed by atoms with E-state index in [1.165, 1.54) is 21.9 Å². The highest BCUT2D eigenvalue weighted by Crippen LogP contribution is 2.05. The molecular formula is C14H20ClN5O2S. The zero-order valence-corrected chi connectivity index (χ0v) is 14.3. The molecule has 0 aliphatic carbocycles. The lowest BCUT2D eigenvalue weighted by molar-refractivity contribution is 0.0949. The third kappa shape index (κ3) is 4.29. The van der Waals surface area contributed by atoms with E-state index in [4.69, 9.17) is 0 Å². The first kappa shape index (κ1) is 17.9. The van der Waals surface area contributed by atoms with Crippen LogP contribution < -0.4 is 16.2 Å². The fourth-order valence-electron chi connectivity index (χ4n) is 2.51. The number of hydrogen-bond acceptors (Lipinski definition) is 6. The zero-order valence-electron chi connectivity index (χ0n) is 12.7. The van der Waals surface area contributed by atoms with Crippen LogP contribution in [0, 0.1) is 0 Å². The molecule has 126 valence electrons. The molecule has 1 amide bonds. The minimum Gasteiger partial charge on any atom is -0.352 e. The van der Waals surface area contributed by atoms with Crippen LogP contribution in [0.1, 0.15) is 16.8 Å². The smallest absolute Gasteiger partial charge is 0.271 e. The Morgan fingerprint density at radius 2 is 2.17 bits per heavy atom. The van der Waals surface area contributed by atoms with E-state index in [9.17, 15) is 9.59 Å². The summed E-state index contributed by atoms with van der Waals surface area (Å²) in [5.74, 6) is -0.349. The molecule has 0 radical (unpaired) electrons. The molecule has 3 rings (SSSR count). The van der Waals surface area contributed by atoms with Gasteiger partial charge in [-0.3, -0.25) is 14.0 Å². The Morgan fingerprint density at radius 3 is 2.96 bits per heavy atom. The Kier molecular flexibility index (Phi) is 6.52. The van der Waals surface area contributed by atoms with Gasteiger partial charge in [0.05, 0.1) is 0 Å². The van der Waals surface area contributed by atoms with Crippen LogP contribution in [0.2, 0.25) is 0 Å². The van der Waals surface area contributed by atoms with Gasteiger partial charge in [-0.1, -0.05) is 0 Å². The molecular weight excluding hydrogens is 338 g/mol. The van der Waals surface area contributed by atoms with Crippen LogP contribution in [0.4, 0.5) is 0 Å². The average molecular weight is 358 g/mol. The Bertz CT molecular complexity index is 711. The molecule has 0 unspecified atom stereocenters. The molecule has 0 spiro atoms. The summed E-state index contributed by atoms with van der Waals surface area (Å²) in [6.07, 6.45) is 3.87. The van der Waals surface area contributed by atoms with Crippen molar-refractivity contribution in [3.63, 3.8) is 0 Å². The van der Waals surface area contributed by atoms with E-state index in [0.717, 1.165) is 39.1 Å². The molecule has 2 aromatic heterocycles. The van der Waals surface area contributed by atoms with Gasteiger partial charge in [0.2, 0.25) is 0 Å². The molecule has 1 aliphatic heterocycles. The number of carbonyl (C=O) groups is 1. The molecule has 1 fully saturated rings. The Labute approximate surface area is 144 Å². The van der Waals surface area contributed by atoms with E-state index in [2.05, 4.69) is 20.5 Å². The SMILES string of the molecule is Cl.O=C(NCCCN1CCNCC1)c1cnc2sccn2c1=O. The molecule has 0 saturated carbocycles. The summed E-state index contributed by atoms with van der Waals surface area (Å²) in [6, 6.07) is 0. The lowest BCUT2D eigenvalue weighted by Gasteiger charge is -2.27. The Morgan fingerprint density at radius 1 is 1.39 bits per heavy atom. The first-order valence-electron chi connectivity index (χ1n) is 7.42. The predicted molar refractivity (Wildman–Crippen MR) is 92.8 cm³/mol. The number of halogens is 1. The van der Waals surface area contributed by atoms with Crippen molar-refractivity contribution in [3.8, 4) is 0 Å². The Hall–Kier alpha value is -1.48. The third-order valence-corrected chi connectivity index (χ3v) is 4.50. The first-order valence-corrected chi connectivity index (χ1v) is 8.30. The topological polar surface area (TPSA) is 78.7 Å². The van der Waals surface area contributed by atoms with Crippen LogP contribution in [-0.4, -0.2) is 59.5 Å². The number of nitrogens with one attached hydrogen (secondary N) is 2. The molecule has 23 heavy (non-hydrogen) atoms. The van der Waals surface area contributed by atoms with E-state index in [1.54, 1.807) is 11.6 Å². The van der Waals surface area contributed by atoms with Crippen molar-refractivity contribution in [1.29, 1.82) is 0 Å². The van der Waals surface area contributed by atoms with Gasteiger partial charge in [-0.25, -0.2) is 4.98 Å². The number of aromatic nitrogens is 2. The number of nitrogens with zero attached hydrogens (tertiary/aromatic N) is 3. The van der Waals surface area contributed by atoms with Crippen molar-refractivity contribution < 1.29 is 4.79 Å². The average Bonchev–Trinajstić information content (AvgIpc) is 3.02. The number of thiazole rings is 1. The zero-order chi connectivity index (χ0) is 15.4. The van der Waals surface area contributed by atoms with Gasteiger partial charge < -0.3 is 15.5 Å². The predicted octanol–water partition coefficient (Wildman–Crippen LogP) is 0.203. The van der Waals surface area contributed by atoms with Crippen molar-refractivity contribution in [2.45, 2.75) is 6.42 Å². The molecule has 1 aliphatic rings. The van der Waals surface area contributed by atoms with Gasteiger partial charge in [0.1, 0.15) is 5.56 Å². The quantitative estimate of drug-likeness (QED) is 0.748. The maximum Gasteiger partial charge on any atom is 0.271 e. The minimum atomic E-state index is -0.349. The minimum absolute atomic E-state index is 0. The number of fused-ring (bicyclic) bond motifs is 1. The van der Waals surface area contributed by atoms with E-state index in [0.29, 0.717) is 11.5 Å². The lowest BCUT2D eigenvalue weighted by Crippen LogP contribution is -2.44. The second-order valence-electron chi connectivity index (χ2n) is 5.23. The summed E-state index contributed by atoms with van der Waals surface area (Å²) in [7, 11) is 0. The van der Waals surface area contributed by atoms with Gasteiger partial charge in [0, 0.05) is 50.5 Å². The molecule has 9 heteroatoms. The second kappa shape index (κ2) is 8.39. The van der Waals surface area contributed by atoms with Crippen LogP contribution in [0.5, 0.6) is 0 Å². The summed E-state index contributed by atoms with van der Waals surface area (Å²) >= 11 is 1.37. The van der Waals surface area contributed by atoms with Crippen molar-refractivity contribution in [2.24, 2.45) is 0 Å². The monoisotopic (exact) mass is 357 g/mol. The standard InChI is InChI=1S/C14H19N5O2S.ClH/c20-12(16-2-1-5-18-6-3-15-4-7-18)11-10-17-14-19(13(11)21)8-9-22-14;/h8-10,15H,1-7H2,(H,16,20);1H.